The summed E-state index contributed by atoms with van der Waals surface area (Å²) >= 11 is 0. The van der Waals surface area contributed by atoms with Gasteiger partial charge in [0.25, 0.3) is 0 Å². The number of anilines is 1. The summed E-state index contributed by atoms with van der Waals surface area (Å²) in [4.78, 5) is 22.4. The van der Waals surface area contributed by atoms with E-state index in [4.69, 9.17) is 9.79 Å². The molecule has 1 rings (SSSR count). The number of hydrogen-bond acceptors (Lipinski definition) is 4. The Labute approximate surface area is 151 Å². The lowest BCUT2D eigenvalue weighted by molar-refractivity contribution is 0.266. The van der Waals surface area contributed by atoms with Gasteiger partial charge >= 0.3 is 7.60 Å². The molecule has 0 radical (unpaired) electrons. The van der Waals surface area contributed by atoms with Crippen LogP contribution < -0.4 is 10.2 Å². The third kappa shape index (κ3) is 7.60. The van der Waals surface area contributed by atoms with Gasteiger partial charge in [-0.3, -0.25) is 9.46 Å². The summed E-state index contributed by atoms with van der Waals surface area (Å²) < 4.78 is 11.1. The third-order valence-corrected chi connectivity index (χ3v) is 4.73. The van der Waals surface area contributed by atoms with Gasteiger partial charge in [-0.05, 0) is 45.5 Å². The molecule has 0 aliphatic carbocycles. The number of hydrogen-bond donors (Lipinski definition) is 3. The van der Waals surface area contributed by atoms with E-state index in [1.165, 1.54) is 5.69 Å². The first-order valence-electron chi connectivity index (χ1n) is 8.52. The topological polar surface area (TPSA) is 76.0 Å². The van der Waals surface area contributed by atoms with Gasteiger partial charge in [0, 0.05) is 31.4 Å². The third-order valence-electron chi connectivity index (χ3n) is 4.10. The van der Waals surface area contributed by atoms with Crippen LogP contribution in [0.3, 0.4) is 0 Å². The lowest BCUT2D eigenvalue weighted by Gasteiger charge is -2.28. The Morgan fingerprint density at radius 2 is 1.80 bits per heavy atom. The van der Waals surface area contributed by atoms with Gasteiger partial charge in [0.1, 0.15) is 0 Å². The van der Waals surface area contributed by atoms with Crippen molar-refractivity contribution in [2.75, 3.05) is 44.4 Å². The second-order valence-corrected chi connectivity index (χ2v) is 7.54. The Kier molecular flexibility index (Phi) is 9.20. The van der Waals surface area contributed by atoms with Crippen LogP contribution in [0, 0.1) is 11.8 Å². The summed E-state index contributed by atoms with van der Waals surface area (Å²) in [6.45, 7) is 9.00. The van der Waals surface area contributed by atoms with Crippen LogP contribution in [0.1, 0.15) is 32.4 Å². The summed E-state index contributed by atoms with van der Waals surface area (Å²) in [5.74, 6) is 5.92. The largest absolute Gasteiger partial charge is 0.372 e. The van der Waals surface area contributed by atoms with Gasteiger partial charge in [0.15, 0.2) is 0 Å². The number of rotatable bonds is 10. The van der Waals surface area contributed by atoms with Crippen LogP contribution in [0.5, 0.6) is 0 Å². The molecule has 0 heterocycles. The molecule has 1 aromatic carbocycles. The van der Waals surface area contributed by atoms with Crippen molar-refractivity contribution >= 4 is 13.3 Å². The van der Waals surface area contributed by atoms with Crippen molar-refractivity contribution < 1.29 is 14.4 Å². The summed E-state index contributed by atoms with van der Waals surface area (Å²) in [7, 11) is -2.09. The van der Waals surface area contributed by atoms with Crippen LogP contribution in [0.15, 0.2) is 24.3 Å². The number of likely N-dealkylation sites (N-methyl/N-ethyl adjacent to an activating group) is 1. The van der Waals surface area contributed by atoms with Crippen molar-refractivity contribution in [1.29, 1.82) is 0 Å². The zero-order valence-electron chi connectivity index (χ0n) is 15.6. The average molecular weight is 367 g/mol. The Balaban J connectivity index is 2.92. The predicted octanol–water partition coefficient (Wildman–Crippen LogP) is 2.25. The molecule has 0 saturated carbocycles. The zero-order chi connectivity index (χ0) is 18.9. The molecule has 0 aliphatic rings. The minimum atomic E-state index is -4.06. The van der Waals surface area contributed by atoms with Gasteiger partial charge in [0.05, 0.1) is 12.8 Å². The maximum atomic E-state index is 11.1. The molecule has 7 heteroatoms. The molecule has 0 aliphatic heterocycles. The molecule has 0 fully saturated rings. The van der Waals surface area contributed by atoms with Crippen LogP contribution in [0.25, 0.3) is 0 Å². The van der Waals surface area contributed by atoms with Crippen LogP contribution in [-0.4, -0.2) is 54.2 Å². The van der Waals surface area contributed by atoms with E-state index in [2.05, 4.69) is 65.1 Å². The fourth-order valence-corrected chi connectivity index (χ4v) is 3.11. The highest BCUT2D eigenvalue weighted by molar-refractivity contribution is 7.51. The van der Waals surface area contributed by atoms with E-state index >= 15 is 0 Å². The molecule has 0 spiro atoms. The number of nitrogens with one attached hydrogen (secondary N) is 1. The van der Waals surface area contributed by atoms with Crippen LogP contribution in [0.2, 0.25) is 0 Å². The maximum absolute atomic E-state index is 11.1. The molecule has 3 N–H and O–H groups in total. The molecule has 0 saturated heterocycles. The van der Waals surface area contributed by atoms with E-state index in [0.29, 0.717) is 13.1 Å². The first-order chi connectivity index (χ1) is 11.8. The molecule has 1 atom stereocenters. The van der Waals surface area contributed by atoms with Gasteiger partial charge in [-0.1, -0.05) is 18.1 Å². The smallest absolute Gasteiger partial charge is 0.339 e. The molecule has 25 heavy (non-hydrogen) atoms. The molecular weight excluding hydrogens is 337 g/mol. The lowest BCUT2D eigenvalue weighted by atomic mass is 10.0. The minimum absolute atomic E-state index is 0.0156. The van der Waals surface area contributed by atoms with Gasteiger partial charge in [0.2, 0.25) is 0 Å². The fraction of sp³-hybridized carbons (Fsp3) is 0.556. The first kappa shape index (κ1) is 21.7. The maximum Gasteiger partial charge on any atom is 0.339 e. The van der Waals surface area contributed by atoms with Crippen molar-refractivity contribution in [1.82, 2.24) is 10.2 Å². The lowest BCUT2D eigenvalue weighted by Crippen LogP contribution is -2.34. The SMILES string of the molecule is CC#CCN(C)C(CNCP(=O)(O)O)c1ccc(N(CC)CC)cc1. The quantitative estimate of drug-likeness (QED) is 0.435. The molecular formula is C18H30N3O3P. The van der Waals surface area contributed by atoms with Gasteiger partial charge in [-0.15, -0.1) is 5.92 Å². The first-order valence-corrected chi connectivity index (χ1v) is 10.3. The minimum Gasteiger partial charge on any atom is -0.372 e. The van der Waals surface area contributed by atoms with E-state index < -0.39 is 7.60 Å². The second-order valence-electron chi connectivity index (χ2n) is 5.90. The Morgan fingerprint density at radius 3 is 2.28 bits per heavy atom. The molecule has 0 bridgehead atoms. The van der Waals surface area contributed by atoms with E-state index in [1.807, 2.05) is 7.05 Å². The molecule has 6 nitrogen and oxygen atoms in total. The molecule has 0 aromatic heterocycles. The number of benzene rings is 1. The standard InChI is InChI=1S/C18H30N3O3P/c1-5-8-13-20(4)18(14-19-15-25(22,23)24)16-9-11-17(12-10-16)21(6-2)7-3/h9-12,18-19H,6-7,13-15H2,1-4H3,(H2,22,23,24). The van der Waals surface area contributed by atoms with Crippen molar-refractivity contribution in [3.63, 3.8) is 0 Å². The highest BCUT2D eigenvalue weighted by Crippen LogP contribution is 2.32. The number of nitrogens with zero attached hydrogens (tertiary/aromatic N) is 2. The molecule has 1 unspecified atom stereocenters. The van der Waals surface area contributed by atoms with Crippen LogP contribution in [-0.2, 0) is 4.57 Å². The average Bonchev–Trinajstić information content (AvgIpc) is 2.57. The highest BCUT2D eigenvalue weighted by Gasteiger charge is 2.19. The van der Waals surface area contributed by atoms with Crippen LogP contribution in [0.4, 0.5) is 5.69 Å². The second kappa shape index (κ2) is 10.6. The van der Waals surface area contributed by atoms with Gasteiger partial charge < -0.3 is 20.0 Å². The van der Waals surface area contributed by atoms with Gasteiger partial charge in [-0.25, -0.2) is 0 Å². The summed E-state index contributed by atoms with van der Waals surface area (Å²) in [6.07, 6.45) is -0.325. The molecule has 140 valence electrons. The highest BCUT2D eigenvalue weighted by atomic mass is 31.2. The summed E-state index contributed by atoms with van der Waals surface area (Å²) in [5.41, 5.74) is 2.27. The van der Waals surface area contributed by atoms with Gasteiger partial charge in [-0.2, -0.15) is 0 Å². The van der Waals surface area contributed by atoms with E-state index in [0.717, 1.165) is 18.7 Å². The summed E-state index contributed by atoms with van der Waals surface area (Å²) in [5, 5.41) is 2.88. The van der Waals surface area contributed by atoms with E-state index in [1.54, 1.807) is 6.92 Å². The fourth-order valence-electron chi connectivity index (χ4n) is 2.69. The molecule has 1 aromatic rings. The van der Waals surface area contributed by atoms with Crippen molar-refractivity contribution in [2.24, 2.45) is 0 Å². The van der Waals surface area contributed by atoms with E-state index in [9.17, 15) is 4.57 Å². The molecule has 0 amide bonds. The monoisotopic (exact) mass is 367 g/mol. The Bertz CT molecular complexity index is 615. The van der Waals surface area contributed by atoms with Crippen molar-refractivity contribution in [3.8, 4) is 11.8 Å². The van der Waals surface area contributed by atoms with E-state index in [-0.39, 0.29) is 12.3 Å². The van der Waals surface area contributed by atoms with Crippen molar-refractivity contribution in [3.05, 3.63) is 29.8 Å². The Morgan fingerprint density at radius 1 is 1.20 bits per heavy atom. The van der Waals surface area contributed by atoms with Crippen molar-refractivity contribution in [2.45, 2.75) is 26.8 Å². The summed E-state index contributed by atoms with van der Waals surface area (Å²) in [6, 6.07) is 8.33. The zero-order valence-corrected chi connectivity index (χ0v) is 16.5. The Hall–Kier alpha value is -1.35. The predicted molar refractivity (Wildman–Crippen MR) is 104 cm³/mol. The normalized spacial score (nSPS) is 12.6. The van der Waals surface area contributed by atoms with Crippen LogP contribution >= 0.6 is 7.60 Å².